The van der Waals surface area contributed by atoms with Gasteiger partial charge in [-0.1, -0.05) is 18.7 Å². The Hall–Kier alpha value is -4.67. The number of aryl methyl sites for hydroxylation is 1. The summed E-state index contributed by atoms with van der Waals surface area (Å²) >= 11 is 0. The number of nitrogens with zero attached hydrogens (tertiary/aromatic N) is 5. The molecule has 0 atom stereocenters. The van der Waals surface area contributed by atoms with Crippen molar-refractivity contribution in [1.29, 1.82) is 0 Å². The number of nitrogens with one attached hydrogen (secondary N) is 2. The van der Waals surface area contributed by atoms with Crippen LogP contribution in [0.5, 0.6) is 0 Å². The number of fused-ring (bicyclic) bond motifs is 3. The molecule has 0 saturated heterocycles. The van der Waals surface area contributed by atoms with Gasteiger partial charge in [-0.3, -0.25) is 14.0 Å². The molecule has 2 aromatic carbocycles. The Morgan fingerprint density at radius 3 is 2.63 bits per heavy atom. The van der Waals surface area contributed by atoms with E-state index in [1.807, 2.05) is 0 Å². The fourth-order valence-electron chi connectivity index (χ4n) is 3.82. The number of hydrogen-bond donors (Lipinski definition) is 2. The fraction of sp³-hybridized carbons (Fsp3) is 0.0833. The SMILES string of the molecule is C=CC(=O)Nc1cccc(-n2c3cc(C(F)(F)F)ccc3c3cnc(Nc4cnn(C)c4)nc32)c1. The van der Waals surface area contributed by atoms with E-state index in [4.69, 9.17) is 0 Å². The van der Waals surface area contributed by atoms with E-state index in [1.165, 1.54) is 6.07 Å². The molecule has 0 radical (unpaired) electrons. The second kappa shape index (κ2) is 8.28. The molecule has 3 heterocycles. The largest absolute Gasteiger partial charge is 0.416 e. The summed E-state index contributed by atoms with van der Waals surface area (Å²) in [6, 6.07) is 10.3. The van der Waals surface area contributed by atoms with Gasteiger partial charge in [0.25, 0.3) is 0 Å². The fourth-order valence-corrected chi connectivity index (χ4v) is 3.82. The first kappa shape index (κ1) is 22.1. The van der Waals surface area contributed by atoms with Crippen molar-refractivity contribution in [3.05, 3.63) is 79.3 Å². The third-order valence-electron chi connectivity index (χ3n) is 5.35. The van der Waals surface area contributed by atoms with Crippen LogP contribution < -0.4 is 10.6 Å². The number of amides is 1. The van der Waals surface area contributed by atoms with Crippen molar-refractivity contribution in [2.45, 2.75) is 6.18 Å². The van der Waals surface area contributed by atoms with E-state index in [-0.39, 0.29) is 5.95 Å². The summed E-state index contributed by atoms with van der Waals surface area (Å²) in [5, 5.41) is 10.9. The van der Waals surface area contributed by atoms with Crippen LogP contribution in [0.15, 0.2) is 73.7 Å². The number of halogens is 3. The molecule has 5 rings (SSSR count). The summed E-state index contributed by atoms with van der Waals surface area (Å²) < 4.78 is 43.9. The minimum absolute atomic E-state index is 0.252. The van der Waals surface area contributed by atoms with Crippen LogP contribution in [0, 0.1) is 0 Å². The lowest BCUT2D eigenvalue weighted by Gasteiger charge is -2.11. The maximum atomic E-state index is 13.5. The summed E-state index contributed by atoms with van der Waals surface area (Å²) in [6.45, 7) is 3.44. The Kier molecular flexibility index (Phi) is 5.24. The molecule has 0 aliphatic rings. The van der Waals surface area contributed by atoms with Gasteiger partial charge in [0, 0.05) is 41.6 Å². The van der Waals surface area contributed by atoms with Crippen LogP contribution in [0.2, 0.25) is 0 Å². The minimum atomic E-state index is -4.52. The highest BCUT2D eigenvalue weighted by Crippen LogP contribution is 2.37. The van der Waals surface area contributed by atoms with Crippen molar-refractivity contribution < 1.29 is 18.0 Å². The van der Waals surface area contributed by atoms with E-state index in [1.54, 1.807) is 59.2 Å². The third kappa shape index (κ3) is 4.19. The van der Waals surface area contributed by atoms with Gasteiger partial charge in [0.15, 0.2) is 5.65 Å². The Bertz CT molecular complexity index is 1600. The van der Waals surface area contributed by atoms with Crippen LogP contribution >= 0.6 is 0 Å². The molecule has 3 aromatic heterocycles. The minimum Gasteiger partial charge on any atom is -0.322 e. The molecular weight excluding hydrogens is 459 g/mol. The van der Waals surface area contributed by atoms with Gasteiger partial charge in [-0.25, -0.2) is 4.98 Å². The number of rotatable bonds is 5. The Morgan fingerprint density at radius 1 is 1.09 bits per heavy atom. The zero-order chi connectivity index (χ0) is 24.7. The summed E-state index contributed by atoms with van der Waals surface area (Å²) in [5.41, 5.74) is 1.53. The molecule has 0 aliphatic carbocycles. The Labute approximate surface area is 196 Å². The average Bonchev–Trinajstić information content (AvgIpc) is 3.38. The molecule has 0 aliphatic heterocycles. The molecule has 1 amide bonds. The summed E-state index contributed by atoms with van der Waals surface area (Å²) in [4.78, 5) is 20.7. The second-order valence-corrected chi connectivity index (χ2v) is 7.77. The molecule has 2 N–H and O–H groups in total. The first-order valence-corrected chi connectivity index (χ1v) is 10.4. The first-order chi connectivity index (χ1) is 16.7. The van der Waals surface area contributed by atoms with Crippen molar-refractivity contribution in [3.8, 4) is 5.69 Å². The van der Waals surface area contributed by atoms with E-state index in [2.05, 4.69) is 32.3 Å². The van der Waals surface area contributed by atoms with Gasteiger partial charge in [-0.05, 0) is 36.4 Å². The van der Waals surface area contributed by atoms with Gasteiger partial charge >= 0.3 is 6.18 Å². The van der Waals surface area contributed by atoms with Gasteiger partial charge in [0.1, 0.15) is 0 Å². The second-order valence-electron chi connectivity index (χ2n) is 7.77. The molecular formula is C24H18F3N7O. The van der Waals surface area contributed by atoms with E-state index in [0.717, 1.165) is 18.2 Å². The first-order valence-electron chi connectivity index (χ1n) is 10.4. The van der Waals surface area contributed by atoms with Crippen molar-refractivity contribution in [2.75, 3.05) is 10.6 Å². The van der Waals surface area contributed by atoms with Crippen LogP contribution in [0.1, 0.15) is 5.56 Å². The predicted molar refractivity (Wildman–Crippen MR) is 127 cm³/mol. The predicted octanol–water partition coefficient (Wildman–Crippen LogP) is 5.19. The number of carbonyl (C=O) groups is 1. The van der Waals surface area contributed by atoms with Crippen molar-refractivity contribution in [1.82, 2.24) is 24.3 Å². The number of aromatic nitrogens is 5. The highest BCUT2D eigenvalue weighted by molar-refractivity contribution is 6.08. The zero-order valence-electron chi connectivity index (χ0n) is 18.3. The van der Waals surface area contributed by atoms with Gasteiger partial charge in [-0.15, -0.1) is 0 Å². The molecule has 11 heteroatoms. The monoisotopic (exact) mass is 477 g/mol. The lowest BCUT2D eigenvalue weighted by atomic mass is 10.1. The molecule has 0 unspecified atom stereocenters. The lowest BCUT2D eigenvalue weighted by molar-refractivity contribution is -0.137. The number of alkyl halides is 3. The summed E-state index contributed by atoms with van der Waals surface area (Å²) in [6.07, 6.45) is 1.52. The number of benzene rings is 2. The molecule has 35 heavy (non-hydrogen) atoms. The zero-order valence-corrected chi connectivity index (χ0v) is 18.3. The maximum absolute atomic E-state index is 13.5. The average molecular weight is 477 g/mol. The number of hydrogen-bond acceptors (Lipinski definition) is 5. The molecule has 0 saturated carbocycles. The van der Waals surface area contributed by atoms with Gasteiger partial charge < -0.3 is 10.6 Å². The Balaban J connectivity index is 1.74. The molecule has 5 aromatic rings. The van der Waals surface area contributed by atoms with Crippen LogP contribution in [-0.4, -0.2) is 30.2 Å². The van der Waals surface area contributed by atoms with Gasteiger partial charge in [-0.2, -0.15) is 23.3 Å². The Morgan fingerprint density at radius 2 is 1.91 bits per heavy atom. The smallest absolute Gasteiger partial charge is 0.322 e. The van der Waals surface area contributed by atoms with Crippen LogP contribution in [0.25, 0.3) is 27.6 Å². The summed E-state index contributed by atoms with van der Waals surface area (Å²) in [7, 11) is 1.77. The summed E-state index contributed by atoms with van der Waals surface area (Å²) in [5.74, 6) is -0.157. The molecule has 0 fully saturated rings. The van der Waals surface area contributed by atoms with Crippen molar-refractivity contribution >= 4 is 45.2 Å². The van der Waals surface area contributed by atoms with E-state index in [9.17, 15) is 18.0 Å². The van der Waals surface area contributed by atoms with Crippen molar-refractivity contribution in [2.24, 2.45) is 7.05 Å². The quantitative estimate of drug-likeness (QED) is 0.340. The standard InChI is InChI=1S/C24H18F3N7O/c1-3-21(35)30-15-5-4-6-17(10-15)34-20-9-14(24(25,26)27)7-8-18(20)19-12-28-23(32-22(19)34)31-16-11-29-33(2)13-16/h3-13H,1H2,2H3,(H,30,35)(H,28,31,32). The highest BCUT2D eigenvalue weighted by Gasteiger charge is 2.31. The van der Waals surface area contributed by atoms with Gasteiger partial charge in [0.05, 0.1) is 23.0 Å². The van der Waals surface area contributed by atoms with E-state index in [0.29, 0.717) is 39.0 Å². The van der Waals surface area contributed by atoms with Crippen LogP contribution in [-0.2, 0) is 18.0 Å². The number of anilines is 3. The molecule has 0 spiro atoms. The van der Waals surface area contributed by atoms with Crippen LogP contribution in [0.4, 0.5) is 30.5 Å². The highest BCUT2D eigenvalue weighted by atomic mass is 19.4. The van der Waals surface area contributed by atoms with Gasteiger partial charge in [0.2, 0.25) is 11.9 Å². The molecule has 176 valence electrons. The molecule has 8 nitrogen and oxygen atoms in total. The van der Waals surface area contributed by atoms with E-state index >= 15 is 0 Å². The maximum Gasteiger partial charge on any atom is 0.416 e. The number of carbonyl (C=O) groups excluding carboxylic acids is 1. The topological polar surface area (TPSA) is 89.7 Å². The van der Waals surface area contributed by atoms with E-state index < -0.39 is 17.6 Å². The van der Waals surface area contributed by atoms with Crippen LogP contribution in [0.3, 0.4) is 0 Å². The normalized spacial score (nSPS) is 11.7. The molecule has 0 bridgehead atoms. The van der Waals surface area contributed by atoms with Crippen molar-refractivity contribution in [3.63, 3.8) is 0 Å². The third-order valence-corrected chi connectivity index (χ3v) is 5.35. The lowest BCUT2D eigenvalue weighted by Crippen LogP contribution is -2.08.